The van der Waals surface area contributed by atoms with Crippen molar-refractivity contribution in [3.05, 3.63) is 35.9 Å². The molecule has 4 nitrogen and oxygen atoms in total. The van der Waals surface area contributed by atoms with Crippen molar-refractivity contribution >= 4 is 6.09 Å². The molecule has 4 heteroatoms. The first-order chi connectivity index (χ1) is 8.65. The van der Waals surface area contributed by atoms with Gasteiger partial charge in [0.25, 0.3) is 0 Å². The number of nitrogens with one attached hydrogen (secondary N) is 1. The van der Waals surface area contributed by atoms with Crippen LogP contribution in [0.2, 0.25) is 0 Å². The Morgan fingerprint density at radius 2 is 2.00 bits per heavy atom. The molecule has 0 spiro atoms. The maximum absolute atomic E-state index is 10.6. The molecule has 18 heavy (non-hydrogen) atoms. The van der Waals surface area contributed by atoms with Gasteiger partial charge in [0.2, 0.25) is 0 Å². The molecule has 0 aromatic heterocycles. The highest BCUT2D eigenvalue weighted by Crippen LogP contribution is 2.27. The minimum Gasteiger partial charge on any atom is -0.465 e. The molecular weight excluding hydrogens is 230 g/mol. The number of aliphatic hydroxyl groups excluding tert-OH is 1. The van der Waals surface area contributed by atoms with Gasteiger partial charge in [-0.3, -0.25) is 0 Å². The van der Waals surface area contributed by atoms with Gasteiger partial charge in [0, 0.05) is 6.04 Å². The third-order valence-electron chi connectivity index (χ3n) is 3.61. The zero-order valence-electron chi connectivity index (χ0n) is 10.2. The normalized spacial score (nSPS) is 27.7. The highest BCUT2D eigenvalue weighted by molar-refractivity contribution is 5.64. The Hall–Kier alpha value is -1.55. The van der Waals surface area contributed by atoms with Crippen molar-refractivity contribution in [1.29, 1.82) is 0 Å². The predicted molar refractivity (Wildman–Crippen MR) is 68.4 cm³/mol. The lowest BCUT2D eigenvalue weighted by atomic mass is 9.80. The number of rotatable bonds is 3. The molecule has 1 aliphatic carbocycles. The zero-order valence-corrected chi connectivity index (χ0v) is 10.2. The number of hydrogen-bond donors (Lipinski definition) is 3. The van der Waals surface area contributed by atoms with E-state index >= 15 is 0 Å². The monoisotopic (exact) mass is 249 g/mol. The summed E-state index contributed by atoms with van der Waals surface area (Å²) in [5.74, 6) is 0.137. The summed E-state index contributed by atoms with van der Waals surface area (Å²) in [6, 6.07) is 9.99. The van der Waals surface area contributed by atoms with Crippen molar-refractivity contribution in [3.8, 4) is 0 Å². The molecule has 0 saturated heterocycles. The van der Waals surface area contributed by atoms with Gasteiger partial charge in [-0.15, -0.1) is 0 Å². The molecule has 0 unspecified atom stereocenters. The van der Waals surface area contributed by atoms with E-state index in [-0.39, 0.29) is 18.1 Å². The summed E-state index contributed by atoms with van der Waals surface area (Å²) in [5, 5.41) is 21.3. The highest BCUT2D eigenvalue weighted by atomic mass is 16.4. The molecule has 1 aromatic carbocycles. The molecule has 3 N–H and O–H groups in total. The number of carbonyl (C=O) groups is 1. The van der Waals surface area contributed by atoms with Crippen LogP contribution in [0.1, 0.15) is 24.8 Å². The first-order valence-corrected chi connectivity index (χ1v) is 6.36. The van der Waals surface area contributed by atoms with Crippen molar-refractivity contribution in [2.75, 3.05) is 0 Å². The van der Waals surface area contributed by atoms with E-state index in [1.165, 1.54) is 5.56 Å². The van der Waals surface area contributed by atoms with E-state index in [0.29, 0.717) is 12.8 Å². The number of aliphatic hydroxyl groups is 1. The van der Waals surface area contributed by atoms with Crippen LogP contribution < -0.4 is 5.32 Å². The lowest BCUT2D eigenvalue weighted by Gasteiger charge is -2.33. The van der Waals surface area contributed by atoms with Gasteiger partial charge in [0.05, 0.1) is 6.10 Å². The summed E-state index contributed by atoms with van der Waals surface area (Å²) < 4.78 is 0. The first-order valence-electron chi connectivity index (χ1n) is 6.36. The topological polar surface area (TPSA) is 69.6 Å². The van der Waals surface area contributed by atoms with Crippen LogP contribution in [-0.2, 0) is 6.42 Å². The third-order valence-corrected chi connectivity index (χ3v) is 3.61. The fourth-order valence-electron chi connectivity index (χ4n) is 2.69. The molecule has 2 rings (SSSR count). The molecule has 98 valence electrons. The van der Waals surface area contributed by atoms with Crippen LogP contribution in [-0.4, -0.2) is 28.5 Å². The number of amides is 1. The van der Waals surface area contributed by atoms with Gasteiger partial charge < -0.3 is 15.5 Å². The van der Waals surface area contributed by atoms with Gasteiger partial charge in [-0.2, -0.15) is 0 Å². The van der Waals surface area contributed by atoms with E-state index in [9.17, 15) is 9.90 Å². The minimum atomic E-state index is -0.977. The van der Waals surface area contributed by atoms with Crippen molar-refractivity contribution in [3.63, 3.8) is 0 Å². The molecule has 1 fully saturated rings. The van der Waals surface area contributed by atoms with Crippen molar-refractivity contribution in [2.45, 2.75) is 37.8 Å². The van der Waals surface area contributed by atoms with Crippen LogP contribution in [0.5, 0.6) is 0 Å². The van der Waals surface area contributed by atoms with Crippen LogP contribution in [0.4, 0.5) is 4.79 Å². The lowest BCUT2D eigenvalue weighted by molar-refractivity contribution is 0.0567. The quantitative estimate of drug-likeness (QED) is 0.767. The Morgan fingerprint density at radius 1 is 1.28 bits per heavy atom. The molecule has 0 heterocycles. The number of benzene rings is 1. The van der Waals surface area contributed by atoms with Crippen LogP contribution >= 0.6 is 0 Å². The van der Waals surface area contributed by atoms with Crippen molar-refractivity contribution in [1.82, 2.24) is 5.32 Å². The van der Waals surface area contributed by atoms with Gasteiger partial charge in [0.15, 0.2) is 0 Å². The summed E-state index contributed by atoms with van der Waals surface area (Å²) in [5.41, 5.74) is 1.19. The molecule has 0 radical (unpaired) electrons. The Morgan fingerprint density at radius 3 is 2.67 bits per heavy atom. The predicted octanol–water partition coefficient (Wildman–Crippen LogP) is 2.03. The van der Waals surface area contributed by atoms with Crippen LogP contribution in [0, 0.1) is 5.92 Å². The second-order valence-electron chi connectivity index (χ2n) is 4.98. The van der Waals surface area contributed by atoms with Gasteiger partial charge in [-0.1, -0.05) is 30.3 Å². The SMILES string of the molecule is O=C(O)N[C@@H]1CC[C@H](O)[C@@H](Cc2ccccc2)C1. The summed E-state index contributed by atoms with van der Waals surface area (Å²) in [6.07, 6.45) is 1.61. The maximum Gasteiger partial charge on any atom is 0.404 e. The number of carboxylic acid groups (broad SMARTS) is 1. The van der Waals surface area contributed by atoms with Gasteiger partial charge in [-0.05, 0) is 37.2 Å². The average molecular weight is 249 g/mol. The van der Waals surface area contributed by atoms with E-state index in [2.05, 4.69) is 5.32 Å². The standard InChI is InChI=1S/C14H19NO3/c16-13-7-6-12(15-14(17)18)9-11(13)8-10-4-2-1-3-5-10/h1-5,11-13,15-16H,6-9H2,(H,17,18)/t11-,12+,13-/m0/s1. The van der Waals surface area contributed by atoms with Crippen LogP contribution in [0.3, 0.4) is 0 Å². The van der Waals surface area contributed by atoms with E-state index in [1.54, 1.807) is 0 Å². The van der Waals surface area contributed by atoms with E-state index in [4.69, 9.17) is 5.11 Å². The summed E-state index contributed by atoms with van der Waals surface area (Å²) >= 11 is 0. The van der Waals surface area contributed by atoms with Crippen LogP contribution in [0.15, 0.2) is 30.3 Å². The Kier molecular flexibility index (Phi) is 4.20. The molecular formula is C14H19NO3. The largest absolute Gasteiger partial charge is 0.465 e. The second kappa shape index (κ2) is 5.87. The molecule has 1 saturated carbocycles. The van der Waals surface area contributed by atoms with Gasteiger partial charge >= 0.3 is 6.09 Å². The zero-order chi connectivity index (χ0) is 13.0. The Balaban J connectivity index is 1.95. The molecule has 1 aromatic rings. The molecule has 3 atom stereocenters. The van der Waals surface area contributed by atoms with E-state index in [1.807, 2.05) is 30.3 Å². The smallest absolute Gasteiger partial charge is 0.404 e. The average Bonchev–Trinajstić information content (AvgIpc) is 2.34. The molecule has 1 amide bonds. The van der Waals surface area contributed by atoms with Gasteiger partial charge in [-0.25, -0.2) is 4.79 Å². The van der Waals surface area contributed by atoms with Crippen molar-refractivity contribution < 1.29 is 15.0 Å². The van der Waals surface area contributed by atoms with Gasteiger partial charge in [0.1, 0.15) is 0 Å². The minimum absolute atomic E-state index is 0.0281. The fourth-order valence-corrected chi connectivity index (χ4v) is 2.69. The summed E-state index contributed by atoms with van der Waals surface area (Å²) in [7, 11) is 0. The molecule has 0 aliphatic heterocycles. The Bertz CT molecular complexity index is 393. The fraction of sp³-hybridized carbons (Fsp3) is 0.500. The summed E-state index contributed by atoms with van der Waals surface area (Å²) in [4.78, 5) is 10.6. The van der Waals surface area contributed by atoms with Crippen LogP contribution in [0.25, 0.3) is 0 Å². The van der Waals surface area contributed by atoms with E-state index in [0.717, 1.165) is 12.8 Å². The second-order valence-corrected chi connectivity index (χ2v) is 4.98. The molecule has 1 aliphatic rings. The van der Waals surface area contributed by atoms with Crippen molar-refractivity contribution in [2.24, 2.45) is 5.92 Å². The lowest BCUT2D eigenvalue weighted by Crippen LogP contribution is -2.42. The summed E-state index contributed by atoms with van der Waals surface area (Å²) in [6.45, 7) is 0. The highest BCUT2D eigenvalue weighted by Gasteiger charge is 2.29. The number of hydrogen-bond acceptors (Lipinski definition) is 2. The first kappa shape index (κ1) is 12.9. The Labute approximate surface area is 107 Å². The third kappa shape index (κ3) is 3.47. The molecule has 0 bridgehead atoms. The van der Waals surface area contributed by atoms with E-state index < -0.39 is 6.09 Å². The maximum atomic E-state index is 10.6.